The van der Waals surface area contributed by atoms with E-state index < -0.39 is 23.4 Å². The second-order valence-corrected chi connectivity index (χ2v) is 10.2. The van der Waals surface area contributed by atoms with Gasteiger partial charge in [-0.1, -0.05) is 91.0 Å². The Bertz CT molecular complexity index is 1640. The number of fused-ring (bicyclic) bond motifs is 5. The number of methoxy groups -OCH3 is 1. The quantitative estimate of drug-likeness (QED) is 0.267. The number of ketones is 3. The molecule has 6 heteroatoms. The van der Waals surface area contributed by atoms with Crippen LogP contribution in [0.15, 0.2) is 108 Å². The molecule has 6 nitrogen and oxygen atoms in total. The highest BCUT2D eigenvalue weighted by Gasteiger charge is 2.72. The van der Waals surface area contributed by atoms with Gasteiger partial charge in [0.1, 0.15) is 17.2 Å². The molecule has 2 aliphatic heterocycles. The zero-order valence-electron chi connectivity index (χ0n) is 21.2. The monoisotopic (exact) mass is 512 g/mol. The zero-order valence-corrected chi connectivity index (χ0v) is 21.2. The summed E-state index contributed by atoms with van der Waals surface area (Å²) in [6, 6.07) is 29.3. The topological polar surface area (TPSA) is 76.0 Å². The second-order valence-electron chi connectivity index (χ2n) is 10.2. The van der Waals surface area contributed by atoms with Crippen LogP contribution < -0.4 is 4.74 Å². The van der Waals surface area contributed by atoms with Crippen molar-refractivity contribution in [3.63, 3.8) is 0 Å². The largest absolute Gasteiger partial charge is 0.497 e. The van der Waals surface area contributed by atoms with Crippen molar-refractivity contribution >= 4 is 23.6 Å². The summed E-state index contributed by atoms with van der Waals surface area (Å²) in [5, 5.41) is 6.50. The van der Waals surface area contributed by atoms with Crippen LogP contribution in [0.2, 0.25) is 0 Å². The number of benzene rings is 4. The lowest BCUT2D eigenvalue weighted by atomic mass is 9.63. The highest BCUT2D eigenvalue weighted by atomic mass is 16.5. The summed E-state index contributed by atoms with van der Waals surface area (Å²) in [5.41, 5.74) is 2.05. The average Bonchev–Trinajstić information content (AvgIpc) is 3.43. The van der Waals surface area contributed by atoms with E-state index in [4.69, 9.17) is 9.84 Å². The van der Waals surface area contributed by atoms with E-state index in [0.29, 0.717) is 28.0 Å². The summed E-state index contributed by atoms with van der Waals surface area (Å²) >= 11 is 0. The lowest BCUT2D eigenvalue weighted by Gasteiger charge is -2.36. The van der Waals surface area contributed by atoms with Crippen LogP contribution in [0.5, 0.6) is 5.75 Å². The molecule has 1 fully saturated rings. The van der Waals surface area contributed by atoms with E-state index in [-0.39, 0.29) is 17.3 Å². The molecule has 4 aromatic rings. The summed E-state index contributed by atoms with van der Waals surface area (Å²) in [5.74, 6) is -0.878. The molecule has 2 heterocycles. The fourth-order valence-electron chi connectivity index (χ4n) is 6.73. The minimum atomic E-state index is -1.58. The molecule has 0 bridgehead atoms. The number of nitrogens with zero attached hydrogens (tertiary/aromatic N) is 2. The number of hydrogen-bond acceptors (Lipinski definition) is 6. The van der Waals surface area contributed by atoms with Crippen LogP contribution in [-0.2, 0) is 0 Å². The van der Waals surface area contributed by atoms with Crippen molar-refractivity contribution in [1.29, 1.82) is 0 Å². The lowest BCUT2D eigenvalue weighted by Crippen LogP contribution is -2.43. The third-order valence-corrected chi connectivity index (χ3v) is 8.38. The van der Waals surface area contributed by atoms with Crippen LogP contribution >= 0.6 is 0 Å². The number of rotatable bonds is 4. The van der Waals surface area contributed by atoms with Gasteiger partial charge >= 0.3 is 0 Å². The molecular weight excluding hydrogens is 488 g/mol. The van der Waals surface area contributed by atoms with Crippen LogP contribution in [-0.4, -0.2) is 41.7 Å². The number of carbonyl (C=O) groups is 3. The third-order valence-electron chi connectivity index (χ3n) is 8.38. The predicted octanol–water partition coefficient (Wildman–Crippen LogP) is 5.50. The third kappa shape index (κ3) is 3.08. The molecule has 3 atom stereocenters. The van der Waals surface area contributed by atoms with Gasteiger partial charge in [-0.25, -0.2) is 0 Å². The van der Waals surface area contributed by atoms with Crippen molar-refractivity contribution in [3.8, 4) is 5.75 Å². The molecule has 0 unspecified atom stereocenters. The van der Waals surface area contributed by atoms with Crippen molar-refractivity contribution in [1.82, 2.24) is 5.01 Å². The van der Waals surface area contributed by atoms with Crippen LogP contribution in [0.1, 0.15) is 59.7 Å². The maximum Gasteiger partial charge on any atom is 0.187 e. The van der Waals surface area contributed by atoms with E-state index in [1.165, 1.54) is 0 Å². The van der Waals surface area contributed by atoms with Gasteiger partial charge in [0.05, 0.1) is 19.4 Å². The van der Waals surface area contributed by atoms with Gasteiger partial charge < -0.3 is 4.74 Å². The molecular formula is C33H24N2O4. The van der Waals surface area contributed by atoms with E-state index in [2.05, 4.69) is 0 Å². The molecule has 1 aliphatic carbocycles. The first-order chi connectivity index (χ1) is 19.1. The van der Waals surface area contributed by atoms with E-state index in [1.807, 2.05) is 54.6 Å². The molecule has 0 radical (unpaired) electrons. The van der Waals surface area contributed by atoms with Gasteiger partial charge in [-0.2, -0.15) is 5.10 Å². The summed E-state index contributed by atoms with van der Waals surface area (Å²) in [4.78, 5) is 43.7. The number of ether oxygens (including phenoxy) is 1. The molecule has 4 aromatic carbocycles. The van der Waals surface area contributed by atoms with Crippen molar-refractivity contribution < 1.29 is 19.1 Å². The standard InChI is InChI=1S/C33H24N2O4/c1-39-23-17-15-20(16-18-23)27-28(29(36)21-9-3-2-4-10-21)35-30(24-12-6-5-11-22(24)19-34-35)33(27)31(37)25-13-7-8-14-26(25)32(33)38/h2-19,27-28,30H,1H3/t27-,28-,30-/m1/s1. The Kier molecular flexibility index (Phi) is 5.13. The average molecular weight is 513 g/mol. The van der Waals surface area contributed by atoms with E-state index >= 15 is 0 Å². The fraction of sp³-hybridized carbons (Fsp3) is 0.152. The summed E-state index contributed by atoms with van der Waals surface area (Å²) in [7, 11) is 1.58. The molecule has 0 N–H and O–H groups in total. The SMILES string of the molecule is COc1ccc([C@@H]2[C@H](C(=O)c3ccccc3)N3N=Cc4ccccc4[C@@H]3C23C(=O)c2ccccc2C3=O)cc1. The minimum absolute atomic E-state index is 0.189. The summed E-state index contributed by atoms with van der Waals surface area (Å²) < 4.78 is 5.39. The molecule has 7 rings (SSSR count). The Morgan fingerprint density at radius 3 is 2.08 bits per heavy atom. The van der Waals surface area contributed by atoms with Gasteiger partial charge in [0, 0.05) is 22.6 Å². The van der Waals surface area contributed by atoms with Gasteiger partial charge in [-0.05, 0) is 28.8 Å². The van der Waals surface area contributed by atoms with Gasteiger partial charge in [-0.3, -0.25) is 19.4 Å². The number of hydrogen-bond donors (Lipinski definition) is 0. The smallest absolute Gasteiger partial charge is 0.187 e. The van der Waals surface area contributed by atoms with E-state index in [0.717, 1.165) is 11.1 Å². The first-order valence-corrected chi connectivity index (χ1v) is 12.9. The molecule has 0 amide bonds. The molecule has 0 saturated carbocycles. The van der Waals surface area contributed by atoms with Crippen molar-refractivity contribution in [2.24, 2.45) is 10.5 Å². The fourth-order valence-corrected chi connectivity index (χ4v) is 6.73. The number of hydrazone groups is 1. The Morgan fingerprint density at radius 2 is 1.41 bits per heavy atom. The summed E-state index contributed by atoms with van der Waals surface area (Å²) in [6.45, 7) is 0. The molecule has 3 aliphatic rings. The molecule has 1 saturated heterocycles. The Balaban J connectivity index is 1.55. The van der Waals surface area contributed by atoms with Crippen LogP contribution in [0.3, 0.4) is 0 Å². The normalized spacial score (nSPS) is 22.0. The second kappa shape index (κ2) is 8.60. The van der Waals surface area contributed by atoms with Crippen molar-refractivity contribution in [2.75, 3.05) is 7.11 Å². The molecule has 39 heavy (non-hydrogen) atoms. The van der Waals surface area contributed by atoms with E-state index in [9.17, 15) is 14.4 Å². The van der Waals surface area contributed by atoms with Crippen LogP contribution in [0, 0.1) is 5.41 Å². The maximum atomic E-state index is 14.7. The highest BCUT2D eigenvalue weighted by Crippen LogP contribution is 2.64. The van der Waals surface area contributed by atoms with Gasteiger partial charge in [0.15, 0.2) is 17.3 Å². The number of Topliss-reactive ketones (excluding diaryl/α,β-unsaturated/α-hetero) is 3. The molecule has 0 aromatic heterocycles. The highest BCUT2D eigenvalue weighted by molar-refractivity contribution is 6.31. The van der Waals surface area contributed by atoms with Crippen molar-refractivity contribution in [2.45, 2.75) is 18.0 Å². The van der Waals surface area contributed by atoms with Crippen LogP contribution in [0.4, 0.5) is 0 Å². The van der Waals surface area contributed by atoms with Crippen LogP contribution in [0.25, 0.3) is 0 Å². The molecule has 1 spiro atoms. The lowest BCUT2D eigenvalue weighted by molar-refractivity contribution is 0.0586. The first-order valence-electron chi connectivity index (χ1n) is 12.9. The zero-order chi connectivity index (χ0) is 26.7. The van der Waals surface area contributed by atoms with Gasteiger partial charge in [0.2, 0.25) is 0 Å². The van der Waals surface area contributed by atoms with E-state index in [1.54, 1.807) is 66.9 Å². The maximum absolute atomic E-state index is 14.7. The number of carbonyl (C=O) groups excluding carboxylic acids is 3. The minimum Gasteiger partial charge on any atom is -0.497 e. The Labute approximate surface area is 225 Å². The van der Waals surface area contributed by atoms with Gasteiger partial charge in [0.25, 0.3) is 0 Å². The Hall–Kier alpha value is -4.84. The predicted molar refractivity (Wildman–Crippen MR) is 146 cm³/mol. The van der Waals surface area contributed by atoms with Crippen molar-refractivity contribution in [3.05, 3.63) is 137 Å². The van der Waals surface area contributed by atoms with Gasteiger partial charge in [-0.15, -0.1) is 0 Å². The first kappa shape index (κ1) is 23.3. The summed E-state index contributed by atoms with van der Waals surface area (Å²) in [6.07, 6.45) is 1.72. The Morgan fingerprint density at radius 1 is 0.795 bits per heavy atom. The molecule has 190 valence electrons.